The second-order valence-electron chi connectivity index (χ2n) is 5.43. The Bertz CT molecular complexity index is 582. The first kappa shape index (κ1) is 16.6. The lowest BCUT2D eigenvalue weighted by Gasteiger charge is -2.20. The Labute approximate surface area is 132 Å². The fourth-order valence-corrected chi connectivity index (χ4v) is 2.53. The van der Waals surface area contributed by atoms with Crippen LogP contribution in [0.1, 0.15) is 37.6 Å². The van der Waals surface area contributed by atoms with E-state index in [0.717, 1.165) is 36.5 Å². The predicted molar refractivity (Wildman–Crippen MR) is 89.6 cm³/mol. The van der Waals surface area contributed by atoms with Crippen molar-refractivity contribution in [3.8, 4) is 11.4 Å². The molecule has 0 aliphatic rings. The molecule has 0 bridgehead atoms. The molecule has 1 aromatic heterocycles. The van der Waals surface area contributed by atoms with Crippen molar-refractivity contribution < 1.29 is 5.11 Å². The molecule has 1 atom stereocenters. The highest BCUT2D eigenvalue weighted by atomic mass is 16.3. The highest BCUT2D eigenvalue weighted by Crippen LogP contribution is 2.22. The summed E-state index contributed by atoms with van der Waals surface area (Å²) in [6, 6.07) is 9.90. The highest BCUT2D eigenvalue weighted by molar-refractivity contribution is 5.54. The van der Waals surface area contributed by atoms with E-state index in [1.165, 1.54) is 0 Å². The number of hydrogen-bond acceptors (Lipinski definition) is 4. The second-order valence-corrected chi connectivity index (χ2v) is 5.43. The summed E-state index contributed by atoms with van der Waals surface area (Å²) in [5, 5.41) is 10.4. The summed E-state index contributed by atoms with van der Waals surface area (Å²) in [4.78, 5) is 11.3. The number of nitrogens with zero attached hydrogens (tertiary/aromatic N) is 3. The zero-order valence-corrected chi connectivity index (χ0v) is 13.7. The molecule has 0 radical (unpaired) electrons. The van der Waals surface area contributed by atoms with Crippen LogP contribution in [0.15, 0.2) is 36.5 Å². The third kappa shape index (κ3) is 4.12. The molecule has 0 saturated carbocycles. The van der Waals surface area contributed by atoms with Crippen molar-refractivity contribution >= 4 is 0 Å². The van der Waals surface area contributed by atoms with Crippen LogP contribution in [0, 0.1) is 6.92 Å². The first-order valence-electron chi connectivity index (χ1n) is 7.95. The van der Waals surface area contributed by atoms with Crippen LogP contribution >= 0.6 is 0 Å². The molecule has 0 saturated heterocycles. The van der Waals surface area contributed by atoms with Crippen molar-refractivity contribution in [3.63, 3.8) is 0 Å². The molecule has 118 valence electrons. The Kier molecular flexibility index (Phi) is 6.04. The van der Waals surface area contributed by atoms with Crippen LogP contribution in [0.3, 0.4) is 0 Å². The standard InChI is InChI=1S/C18H25N3O/c1-4-21(5-2)12-11-17(22)16-13-19-18(20-14(16)3)15-9-7-6-8-10-15/h6-10,13,17,22H,4-5,11-12H2,1-3H3/t17-/m1/s1. The lowest BCUT2D eigenvalue weighted by molar-refractivity contribution is 0.144. The zero-order chi connectivity index (χ0) is 15.9. The zero-order valence-electron chi connectivity index (χ0n) is 13.7. The lowest BCUT2D eigenvalue weighted by atomic mass is 10.1. The topological polar surface area (TPSA) is 49.2 Å². The summed E-state index contributed by atoms with van der Waals surface area (Å²) >= 11 is 0. The first-order valence-corrected chi connectivity index (χ1v) is 7.95. The summed E-state index contributed by atoms with van der Waals surface area (Å²) in [5.74, 6) is 0.706. The molecule has 0 amide bonds. The van der Waals surface area contributed by atoms with Crippen LogP contribution in [0.25, 0.3) is 11.4 Å². The molecule has 22 heavy (non-hydrogen) atoms. The summed E-state index contributed by atoms with van der Waals surface area (Å²) < 4.78 is 0. The largest absolute Gasteiger partial charge is 0.388 e. The fraction of sp³-hybridized carbons (Fsp3) is 0.444. The maximum absolute atomic E-state index is 10.4. The van der Waals surface area contributed by atoms with Gasteiger partial charge in [-0.05, 0) is 26.4 Å². The van der Waals surface area contributed by atoms with Gasteiger partial charge in [-0.1, -0.05) is 44.2 Å². The van der Waals surface area contributed by atoms with Gasteiger partial charge in [-0.25, -0.2) is 9.97 Å². The van der Waals surface area contributed by atoms with E-state index in [9.17, 15) is 5.11 Å². The Balaban J connectivity index is 2.09. The molecule has 1 aromatic carbocycles. The van der Waals surface area contributed by atoms with Gasteiger partial charge >= 0.3 is 0 Å². The van der Waals surface area contributed by atoms with E-state index in [0.29, 0.717) is 12.2 Å². The van der Waals surface area contributed by atoms with Gasteiger partial charge in [-0.2, -0.15) is 0 Å². The van der Waals surface area contributed by atoms with Gasteiger partial charge in [0, 0.05) is 29.6 Å². The maximum atomic E-state index is 10.4. The lowest BCUT2D eigenvalue weighted by Crippen LogP contribution is -2.25. The SMILES string of the molecule is CCN(CC)CC[C@@H](O)c1cnc(-c2ccccc2)nc1C. The van der Waals surface area contributed by atoms with Gasteiger partial charge in [0.2, 0.25) is 0 Å². The van der Waals surface area contributed by atoms with E-state index in [1.54, 1.807) is 6.20 Å². The molecule has 0 aliphatic heterocycles. The number of rotatable bonds is 7. The van der Waals surface area contributed by atoms with Crippen LogP contribution < -0.4 is 0 Å². The summed E-state index contributed by atoms with van der Waals surface area (Å²) in [7, 11) is 0. The van der Waals surface area contributed by atoms with Gasteiger partial charge in [0.1, 0.15) is 0 Å². The van der Waals surface area contributed by atoms with Gasteiger partial charge < -0.3 is 10.0 Å². The second kappa shape index (κ2) is 8.01. The van der Waals surface area contributed by atoms with Crippen LogP contribution in [-0.2, 0) is 0 Å². The van der Waals surface area contributed by atoms with E-state index in [2.05, 4.69) is 28.7 Å². The van der Waals surface area contributed by atoms with Crippen LogP contribution in [-0.4, -0.2) is 39.6 Å². The molecule has 0 fully saturated rings. The van der Waals surface area contributed by atoms with E-state index in [1.807, 2.05) is 37.3 Å². The molecule has 1 heterocycles. The van der Waals surface area contributed by atoms with Gasteiger partial charge in [0.15, 0.2) is 5.82 Å². The minimum atomic E-state index is -0.509. The van der Waals surface area contributed by atoms with Gasteiger partial charge in [0.05, 0.1) is 6.10 Å². The van der Waals surface area contributed by atoms with Gasteiger partial charge in [-0.15, -0.1) is 0 Å². The van der Waals surface area contributed by atoms with Crippen LogP contribution in [0.2, 0.25) is 0 Å². The molecular weight excluding hydrogens is 274 g/mol. The Hall–Kier alpha value is -1.78. The van der Waals surface area contributed by atoms with Crippen molar-refractivity contribution in [3.05, 3.63) is 47.8 Å². The first-order chi connectivity index (χ1) is 10.7. The number of aliphatic hydroxyl groups excluding tert-OH is 1. The molecule has 4 nitrogen and oxygen atoms in total. The third-order valence-electron chi connectivity index (χ3n) is 4.02. The van der Waals surface area contributed by atoms with E-state index >= 15 is 0 Å². The minimum Gasteiger partial charge on any atom is -0.388 e. The average molecular weight is 299 g/mol. The molecule has 0 unspecified atom stereocenters. The Morgan fingerprint density at radius 3 is 2.41 bits per heavy atom. The number of aromatic nitrogens is 2. The van der Waals surface area contributed by atoms with Crippen molar-refractivity contribution in [2.75, 3.05) is 19.6 Å². The van der Waals surface area contributed by atoms with Crippen molar-refractivity contribution in [2.45, 2.75) is 33.3 Å². The average Bonchev–Trinajstić information content (AvgIpc) is 2.56. The number of benzene rings is 1. The molecule has 0 aliphatic carbocycles. The summed E-state index contributed by atoms with van der Waals surface area (Å²) in [5.41, 5.74) is 2.67. The minimum absolute atomic E-state index is 0.509. The molecule has 2 rings (SSSR count). The summed E-state index contributed by atoms with van der Waals surface area (Å²) in [6.07, 6.45) is 1.96. The molecular formula is C18H25N3O. The molecule has 0 spiro atoms. The fourth-order valence-electron chi connectivity index (χ4n) is 2.53. The monoisotopic (exact) mass is 299 g/mol. The van der Waals surface area contributed by atoms with Gasteiger partial charge in [-0.3, -0.25) is 0 Å². The van der Waals surface area contributed by atoms with Gasteiger partial charge in [0.25, 0.3) is 0 Å². The van der Waals surface area contributed by atoms with Crippen LogP contribution in [0.4, 0.5) is 0 Å². The van der Waals surface area contributed by atoms with Crippen molar-refractivity contribution in [1.29, 1.82) is 0 Å². The highest BCUT2D eigenvalue weighted by Gasteiger charge is 2.14. The van der Waals surface area contributed by atoms with Crippen LogP contribution in [0.5, 0.6) is 0 Å². The Morgan fingerprint density at radius 2 is 1.82 bits per heavy atom. The molecule has 1 N–H and O–H groups in total. The number of aliphatic hydroxyl groups is 1. The number of aryl methyl sites for hydroxylation is 1. The predicted octanol–water partition coefficient (Wildman–Crippen LogP) is 3.22. The maximum Gasteiger partial charge on any atom is 0.159 e. The smallest absolute Gasteiger partial charge is 0.159 e. The summed E-state index contributed by atoms with van der Waals surface area (Å²) in [6.45, 7) is 9.10. The molecule has 2 aromatic rings. The quantitative estimate of drug-likeness (QED) is 0.853. The van der Waals surface area contributed by atoms with E-state index in [4.69, 9.17) is 0 Å². The van der Waals surface area contributed by atoms with E-state index in [-0.39, 0.29) is 0 Å². The normalized spacial score (nSPS) is 12.6. The van der Waals surface area contributed by atoms with Crippen molar-refractivity contribution in [2.24, 2.45) is 0 Å². The third-order valence-corrected chi connectivity index (χ3v) is 4.02. The molecule has 4 heteroatoms. The Morgan fingerprint density at radius 1 is 1.14 bits per heavy atom. The van der Waals surface area contributed by atoms with E-state index < -0.39 is 6.10 Å². The number of hydrogen-bond donors (Lipinski definition) is 1. The van der Waals surface area contributed by atoms with Crippen molar-refractivity contribution in [1.82, 2.24) is 14.9 Å².